The fourth-order valence-corrected chi connectivity index (χ4v) is 5.26. The zero-order valence-electron chi connectivity index (χ0n) is 23.3. The van der Waals surface area contributed by atoms with Gasteiger partial charge >= 0.3 is 5.69 Å². The molecular weight excluding hydrogens is 512 g/mol. The van der Waals surface area contributed by atoms with Crippen LogP contribution < -0.4 is 16.6 Å². The monoisotopic (exact) mass is 552 g/mol. The second-order valence-electron chi connectivity index (χ2n) is 10.6. The number of hydrogen-bond acceptors (Lipinski definition) is 6. The predicted molar refractivity (Wildman–Crippen MR) is 154 cm³/mol. The van der Waals surface area contributed by atoms with E-state index in [1.54, 1.807) is 25.0 Å². The van der Waals surface area contributed by atoms with Gasteiger partial charge < -0.3 is 25.1 Å². The van der Waals surface area contributed by atoms with Gasteiger partial charge in [-0.15, -0.1) is 0 Å². The topological polar surface area (TPSA) is 147 Å². The predicted octanol–water partition coefficient (Wildman–Crippen LogP) is 2.46. The van der Waals surface area contributed by atoms with Gasteiger partial charge in [0.15, 0.2) is 17.5 Å². The Kier molecular flexibility index (Phi) is 9.94. The van der Waals surface area contributed by atoms with E-state index in [0.717, 1.165) is 67.8 Å². The Morgan fingerprint density at radius 1 is 1.00 bits per heavy atom. The largest absolute Gasteiger partial charge is 0.366 e. The average molecular weight is 553 g/mol. The molecule has 0 fully saturated rings. The number of aryl methyl sites for hydroxylation is 2. The summed E-state index contributed by atoms with van der Waals surface area (Å²) in [6, 6.07) is 7.02. The lowest BCUT2D eigenvalue weighted by Gasteiger charge is -2.20. The molecule has 40 heavy (non-hydrogen) atoms. The van der Waals surface area contributed by atoms with Gasteiger partial charge in [0.1, 0.15) is 0 Å². The van der Waals surface area contributed by atoms with Crippen LogP contribution in [0.1, 0.15) is 63.4 Å². The Morgan fingerprint density at radius 3 is 2.40 bits per heavy atom. The second-order valence-corrected chi connectivity index (χ2v) is 10.6. The number of H-pyrrole nitrogens is 1. The number of aliphatic hydroxyl groups is 2. The third kappa shape index (κ3) is 6.89. The number of imidazole rings is 1. The number of nitrogens with one attached hydrogen (secondary N) is 2. The normalized spacial score (nSPS) is 12.5. The highest BCUT2D eigenvalue weighted by atomic mass is 16.5. The molecule has 4 rings (SSSR count). The van der Waals surface area contributed by atoms with Crippen molar-refractivity contribution in [1.29, 1.82) is 0 Å². The van der Waals surface area contributed by atoms with Crippen LogP contribution in [0, 0.1) is 0 Å². The van der Waals surface area contributed by atoms with E-state index in [-0.39, 0.29) is 17.2 Å². The molecule has 1 unspecified atom stereocenters. The summed E-state index contributed by atoms with van der Waals surface area (Å²) in [6.45, 7) is 0.394. The van der Waals surface area contributed by atoms with Crippen molar-refractivity contribution in [3.05, 3.63) is 63.2 Å². The van der Waals surface area contributed by atoms with Crippen molar-refractivity contribution in [2.45, 2.75) is 83.1 Å². The number of rotatable bonds is 15. The summed E-state index contributed by atoms with van der Waals surface area (Å²) >= 11 is 0. The first-order valence-electron chi connectivity index (χ1n) is 14.1. The van der Waals surface area contributed by atoms with Crippen molar-refractivity contribution in [3.8, 4) is 0 Å². The Bertz CT molecular complexity index is 1550. The highest BCUT2D eigenvalue weighted by Crippen LogP contribution is 2.20. The lowest BCUT2D eigenvalue weighted by atomic mass is 10.0. The van der Waals surface area contributed by atoms with Crippen molar-refractivity contribution < 1.29 is 15.0 Å². The van der Waals surface area contributed by atoms with Gasteiger partial charge in [0.2, 0.25) is 5.91 Å². The summed E-state index contributed by atoms with van der Waals surface area (Å²) in [4.78, 5) is 45.1. The van der Waals surface area contributed by atoms with Crippen LogP contribution in [0.4, 0.5) is 0 Å². The number of para-hydroxylation sites is 1. The Hall–Kier alpha value is -3.70. The fourth-order valence-electron chi connectivity index (χ4n) is 5.26. The molecule has 4 N–H and O–H groups in total. The molecule has 3 aromatic heterocycles. The van der Waals surface area contributed by atoms with Gasteiger partial charge in [-0.25, -0.2) is 9.78 Å². The minimum atomic E-state index is -1.64. The lowest BCUT2D eigenvalue weighted by Crippen LogP contribution is -2.44. The molecule has 0 bridgehead atoms. The first-order valence-corrected chi connectivity index (χ1v) is 14.1. The van der Waals surface area contributed by atoms with Crippen molar-refractivity contribution in [3.63, 3.8) is 0 Å². The molecule has 11 nitrogen and oxygen atoms in total. The second kappa shape index (κ2) is 13.6. The van der Waals surface area contributed by atoms with Gasteiger partial charge in [-0.2, -0.15) is 0 Å². The molecule has 1 amide bonds. The molecule has 0 saturated heterocycles. The lowest BCUT2D eigenvalue weighted by molar-refractivity contribution is -0.126. The Labute approximate surface area is 232 Å². The molecule has 0 aliphatic heterocycles. The maximum Gasteiger partial charge on any atom is 0.332 e. The maximum atomic E-state index is 12.7. The molecule has 11 heteroatoms. The highest BCUT2D eigenvalue weighted by molar-refractivity contribution is 5.83. The number of benzene rings is 1. The zero-order chi connectivity index (χ0) is 28.6. The first kappa shape index (κ1) is 29.3. The van der Waals surface area contributed by atoms with Gasteiger partial charge in [0.25, 0.3) is 5.56 Å². The minimum absolute atomic E-state index is 0.177. The third-order valence-corrected chi connectivity index (χ3v) is 7.56. The van der Waals surface area contributed by atoms with Gasteiger partial charge in [-0.1, -0.05) is 56.7 Å². The smallest absolute Gasteiger partial charge is 0.332 e. The van der Waals surface area contributed by atoms with Gasteiger partial charge in [-0.3, -0.25) is 18.7 Å². The summed E-state index contributed by atoms with van der Waals surface area (Å²) in [5.74, 6) is -0.177. The Morgan fingerprint density at radius 2 is 1.68 bits per heavy atom. The van der Waals surface area contributed by atoms with Crippen LogP contribution in [0.3, 0.4) is 0 Å². The van der Waals surface area contributed by atoms with Crippen molar-refractivity contribution >= 4 is 28.0 Å². The molecule has 1 atom stereocenters. The molecule has 1 aromatic carbocycles. The van der Waals surface area contributed by atoms with Crippen LogP contribution in [0.2, 0.25) is 0 Å². The summed E-state index contributed by atoms with van der Waals surface area (Å²) in [6.07, 6.45) is 9.95. The molecule has 0 saturated carbocycles. The quantitative estimate of drug-likeness (QED) is 0.132. The van der Waals surface area contributed by atoms with Crippen LogP contribution in [0.25, 0.3) is 22.1 Å². The van der Waals surface area contributed by atoms with Crippen molar-refractivity contribution in [2.24, 2.45) is 14.1 Å². The van der Waals surface area contributed by atoms with Crippen LogP contribution in [0.5, 0.6) is 0 Å². The van der Waals surface area contributed by atoms with E-state index in [1.165, 1.54) is 9.13 Å². The van der Waals surface area contributed by atoms with Crippen LogP contribution >= 0.6 is 0 Å². The van der Waals surface area contributed by atoms with Crippen LogP contribution in [-0.4, -0.2) is 52.1 Å². The number of aliphatic hydroxyl groups excluding tert-OH is 1. The molecular formula is C29H40N6O5. The number of nitrogens with zero attached hydrogens (tertiary/aromatic N) is 4. The van der Waals surface area contributed by atoms with Crippen LogP contribution in [0.15, 0.2) is 46.4 Å². The molecule has 3 heterocycles. The fraction of sp³-hybridized carbons (Fsp3) is 0.517. The molecule has 0 aliphatic rings. The third-order valence-electron chi connectivity index (χ3n) is 7.56. The highest BCUT2D eigenvalue weighted by Gasteiger charge is 2.21. The minimum Gasteiger partial charge on any atom is -0.366 e. The molecule has 4 aromatic rings. The summed E-state index contributed by atoms with van der Waals surface area (Å²) in [7, 11) is 3.39. The number of amides is 1. The van der Waals surface area contributed by atoms with E-state index >= 15 is 0 Å². The van der Waals surface area contributed by atoms with Gasteiger partial charge in [0.05, 0.1) is 12.4 Å². The van der Waals surface area contributed by atoms with E-state index < -0.39 is 12.3 Å². The number of aromatic nitrogens is 5. The van der Waals surface area contributed by atoms with Crippen molar-refractivity contribution in [2.75, 3.05) is 0 Å². The van der Waals surface area contributed by atoms with Crippen molar-refractivity contribution in [1.82, 2.24) is 29.0 Å². The van der Waals surface area contributed by atoms with E-state index in [2.05, 4.69) is 15.3 Å². The first-order chi connectivity index (χ1) is 19.3. The molecule has 0 radical (unpaired) electrons. The molecule has 0 aliphatic carbocycles. The number of unbranched alkanes of at least 4 members (excludes halogenated alkanes) is 7. The number of fused-ring (bicyclic) bond motifs is 2. The zero-order valence-corrected chi connectivity index (χ0v) is 23.3. The summed E-state index contributed by atoms with van der Waals surface area (Å²) in [5.41, 5.74) is 2.12. The van der Waals surface area contributed by atoms with E-state index in [9.17, 15) is 24.6 Å². The summed E-state index contributed by atoms with van der Waals surface area (Å²) in [5, 5.41) is 23.4. The number of hydrogen-bond donors (Lipinski definition) is 4. The van der Waals surface area contributed by atoms with Gasteiger partial charge in [0, 0.05) is 44.2 Å². The van der Waals surface area contributed by atoms with Gasteiger partial charge in [-0.05, 0) is 30.9 Å². The average Bonchev–Trinajstić information content (AvgIpc) is 3.53. The van der Waals surface area contributed by atoms with E-state index in [1.807, 2.05) is 30.5 Å². The van der Waals surface area contributed by atoms with E-state index in [0.29, 0.717) is 30.6 Å². The standard InChI is InChI=1S/C29H40N6O5/c1-33-19-31-26-25(33)27(37)35(29(40)34(26)2)16-12-8-6-4-3-5-7-9-15-24(36)32-23(28(38)39)17-20-18-30-22-14-11-10-13-21(20)22/h10-11,13-14,18-19,23,28,30,38-39H,3-9,12,15-17H2,1-2H3,(H,32,36). The number of aromatic amines is 1. The molecule has 216 valence electrons. The summed E-state index contributed by atoms with van der Waals surface area (Å²) < 4.78 is 4.37. The van der Waals surface area contributed by atoms with Crippen LogP contribution in [-0.2, 0) is 31.9 Å². The molecule has 0 spiro atoms. The Balaban J connectivity index is 1.10. The maximum absolute atomic E-state index is 12.7. The number of carbonyl (C=O) groups is 1. The van der Waals surface area contributed by atoms with E-state index in [4.69, 9.17) is 0 Å². The SMILES string of the molecule is Cn1cnc2c1c(=O)n(CCCCCCCCCCC(=O)NC(Cc1c[nH]c3ccccc13)C(O)O)c(=O)n2C. The number of carbonyl (C=O) groups excluding carboxylic acids is 1.